The molecule has 0 aliphatic carbocycles. The molecule has 0 aliphatic heterocycles. The topological polar surface area (TPSA) is 59.8 Å². The van der Waals surface area contributed by atoms with Crippen LogP contribution in [0.2, 0.25) is 5.02 Å². The summed E-state index contributed by atoms with van der Waals surface area (Å²) in [6.45, 7) is 7.45. The van der Waals surface area contributed by atoms with Crippen LogP contribution in [0.5, 0.6) is 0 Å². The molecular formula is C14H18Cl2N4O. The van der Waals surface area contributed by atoms with Gasteiger partial charge in [0.1, 0.15) is 17.4 Å². The minimum absolute atomic E-state index is 0.0639. The first-order valence-electron chi connectivity index (χ1n) is 6.79. The van der Waals surface area contributed by atoms with E-state index in [1.807, 2.05) is 20.8 Å². The van der Waals surface area contributed by atoms with Crippen molar-refractivity contribution in [2.75, 3.05) is 0 Å². The molecule has 0 aromatic carbocycles. The Bertz CT molecular complexity index is 666. The molecule has 0 saturated carbocycles. The van der Waals surface area contributed by atoms with Gasteiger partial charge in [-0.15, -0.1) is 11.6 Å². The van der Waals surface area contributed by atoms with E-state index in [1.165, 1.54) is 6.20 Å². The molecule has 0 bridgehead atoms. The predicted molar refractivity (Wildman–Crippen MR) is 84.8 cm³/mol. The molecule has 114 valence electrons. The third kappa shape index (κ3) is 3.30. The number of amides is 1. The van der Waals surface area contributed by atoms with E-state index in [2.05, 4.69) is 15.3 Å². The fourth-order valence-electron chi connectivity index (χ4n) is 2.16. The maximum Gasteiger partial charge on any atom is 0.243 e. The lowest BCUT2D eigenvalue weighted by atomic mass is 10.2. The van der Waals surface area contributed by atoms with Gasteiger partial charge in [-0.1, -0.05) is 11.6 Å². The number of alkyl halides is 1. The van der Waals surface area contributed by atoms with Crippen molar-refractivity contribution in [1.82, 2.24) is 19.9 Å². The third-order valence-corrected chi connectivity index (χ3v) is 3.48. The minimum Gasteiger partial charge on any atom is -0.352 e. The van der Waals surface area contributed by atoms with E-state index in [4.69, 9.17) is 23.2 Å². The summed E-state index contributed by atoms with van der Waals surface area (Å²) in [4.78, 5) is 21.0. The van der Waals surface area contributed by atoms with E-state index in [0.29, 0.717) is 22.0 Å². The Morgan fingerprint density at radius 3 is 2.57 bits per heavy atom. The first kappa shape index (κ1) is 16.0. The average Bonchev–Trinajstić information content (AvgIpc) is 2.75. The van der Waals surface area contributed by atoms with E-state index < -0.39 is 6.04 Å². The van der Waals surface area contributed by atoms with Crippen molar-refractivity contribution in [3.05, 3.63) is 23.1 Å². The molecule has 21 heavy (non-hydrogen) atoms. The van der Waals surface area contributed by atoms with Crippen LogP contribution < -0.4 is 5.32 Å². The molecule has 0 saturated heterocycles. The highest BCUT2D eigenvalue weighted by atomic mass is 35.5. The zero-order valence-corrected chi connectivity index (χ0v) is 13.9. The number of carbonyl (C=O) groups is 1. The number of nitrogens with zero attached hydrogens (tertiary/aromatic N) is 3. The molecule has 2 rings (SSSR count). The average molecular weight is 329 g/mol. The molecule has 2 unspecified atom stereocenters. The van der Waals surface area contributed by atoms with E-state index >= 15 is 0 Å². The molecular weight excluding hydrogens is 311 g/mol. The molecule has 2 atom stereocenters. The number of pyridine rings is 1. The quantitative estimate of drug-likeness (QED) is 0.874. The largest absolute Gasteiger partial charge is 0.352 e. The molecule has 1 amide bonds. The summed E-state index contributed by atoms with van der Waals surface area (Å²) in [7, 11) is 0. The van der Waals surface area contributed by atoms with E-state index in [-0.39, 0.29) is 17.3 Å². The van der Waals surface area contributed by atoms with Crippen LogP contribution in [0, 0.1) is 0 Å². The van der Waals surface area contributed by atoms with Crippen molar-refractivity contribution in [3.8, 4) is 0 Å². The van der Waals surface area contributed by atoms with E-state index in [0.717, 1.165) is 0 Å². The van der Waals surface area contributed by atoms with Crippen LogP contribution in [0.1, 0.15) is 44.9 Å². The van der Waals surface area contributed by atoms with Gasteiger partial charge in [-0.25, -0.2) is 9.97 Å². The number of hydrogen-bond acceptors (Lipinski definition) is 3. The molecule has 2 aromatic heterocycles. The standard InChI is InChI=1S/C14H18Cl2N4O/c1-7(2)18-14(21)9(4)20-12(8(3)15)19-11-5-10(16)6-17-13(11)20/h5-9H,1-4H3,(H,18,21). The van der Waals surface area contributed by atoms with Crippen molar-refractivity contribution < 1.29 is 4.79 Å². The smallest absolute Gasteiger partial charge is 0.243 e. The Morgan fingerprint density at radius 1 is 1.33 bits per heavy atom. The van der Waals surface area contributed by atoms with E-state index in [9.17, 15) is 4.79 Å². The number of carbonyl (C=O) groups excluding carboxylic acids is 1. The van der Waals surface area contributed by atoms with Gasteiger partial charge < -0.3 is 5.32 Å². The number of halogens is 2. The van der Waals surface area contributed by atoms with Crippen LogP contribution in [0.3, 0.4) is 0 Å². The Hall–Kier alpha value is -1.33. The number of imidazole rings is 1. The SMILES string of the molecule is CC(C)NC(=O)C(C)n1c(C(C)Cl)nc2cc(Cl)cnc21. The lowest BCUT2D eigenvalue weighted by Gasteiger charge is -2.19. The fraction of sp³-hybridized carbons (Fsp3) is 0.500. The summed E-state index contributed by atoms with van der Waals surface area (Å²) < 4.78 is 1.76. The van der Waals surface area contributed by atoms with Gasteiger partial charge in [-0.05, 0) is 33.8 Å². The van der Waals surface area contributed by atoms with Crippen LogP contribution >= 0.6 is 23.2 Å². The summed E-state index contributed by atoms with van der Waals surface area (Å²) >= 11 is 12.1. The highest BCUT2D eigenvalue weighted by Gasteiger charge is 2.24. The maximum absolute atomic E-state index is 12.3. The highest BCUT2D eigenvalue weighted by Crippen LogP contribution is 2.28. The Balaban J connectivity index is 2.54. The van der Waals surface area contributed by atoms with Crippen molar-refractivity contribution in [3.63, 3.8) is 0 Å². The highest BCUT2D eigenvalue weighted by molar-refractivity contribution is 6.31. The zero-order valence-electron chi connectivity index (χ0n) is 12.4. The number of rotatable bonds is 4. The normalized spacial score (nSPS) is 14.4. The van der Waals surface area contributed by atoms with Gasteiger partial charge in [0.25, 0.3) is 0 Å². The molecule has 0 radical (unpaired) electrons. The van der Waals surface area contributed by atoms with Gasteiger partial charge in [-0.2, -0.15) is 0 Å². The van der Waals surface area contributed by atoms with Gasteiger partial charge in [0, 0.05) is 12.2 Å². The lowest BCUT2D eigenvalue weighted by molar-refractivity contribution is -0.124. The van der Waals surface area contributed by atoms with Crippen molar-refractivity contribution in [2.45, 2.75) is 45.2 Å². The van der Waals surface area contributed by atoms with Crippen molar-refractivity contribution in [2.24, 2.45) is 0 Å². The zero-order chi connectivity index (χ0) is 15.7. The van der Waals surface area contributed by atoms with Crippen LogP contribution in [-0.4, -0.2) is 26.5 Å². The van der Waals surface area contributed by atoms with E-state index in [1.54, 1.807) is 17.6 Å². The van der Waals surface area contributed by atoms with Crippen LogP contribution in [0.25, 0.3) is 11.2 Å². The number of fused-ring (bicyclic) bond motifs is 1. The Labute approximate surface area is 133 Å². The fourth-order valence-corrected chi connectivity index (χ4v) is 2.47. The lowest BCUT2D eigenvalue weighted by Crippen LogP contribution is -2.36. The van der Waals surface area contributed by atoms with Crippen LogP contribution in [0.4, 0.5) is 0 Å². The third-order valence-electron chi connectivity index (χ3n) is 3.08. The molecule has 2 aromatic rings. The summed E-state index contributed by atoms with van der Waals surface area (Å²) in [5.74, 6) is 0.507. The summed E-state index contributed by atoms with van der Waals surface area (Å²) in [6.07, 6.45) is 1.54. The molecule has 2 heterocycles. The summed E-state index contributed by atoms with van der Waals surface area (Å²) in [6, 6.07) is 1.33. The van der Waals surface area contributed by atoms with Crippen LogP contribution in [-0.2, 0) is 4.79 Å². The maximum atomic E-state index is 12.3. The molecule has 0 aliphatic rings. The predicted octanol–water partition coefficient (Wildman–Crippen LogP) is 3.47. The monoisotopic (exact) mass is 328 g/mol. The van der Waals surface area contributed by atoms with Gasteiger partial charge >= 0.3 is 0 Å². The second kappa shape index (κ2) is 6.20. The van der Waals surface area contributed by atoms with Gasteiger partial charge in [0.15, 0.2) is 5.65 Å². The molecule has 0 fully saturated rings. The Kier molecular flexibility index (Phi) is 4.74. The first-order valence-corrected chi connectivity index (χ1v) is 7.60. The number of hydrogen-bond donors (Lipinski definition) is 1. The molecule has 7 heteroatoms. The summed E-state index contributed by atoms with van der Waals surface area (Å²) in [5.41, 5.74) is 1.24. The van der Waals surface area contributed by atoms with Crippen molar-refractivity contribution in [1.29, 1.82) is 0 Å². The molecule has 5 nitrogen and oxygen atoms in total. The molecule has 1 N–H and O–H groups in total. The van der Waals surface area contributed by atoms with Gasteiger partial charge in [-0.3, -0.25) is 9.36 Å². The second-order valence-corrected chi connectivity index (χ2v) is 6.38. The van der Waals surface area contributed by atoms with Crippen molar-refractivity contribution >= 4 is 40.3 Å². The number of aromatic nitrogens is 3. The first-order chi connectivity index (χ1) is 9.81. The summed E-state index contributed by atoms with van der Waals surface area (Å²) in [5, 5.41) is 3.05. The minimum atomic E-state index is -0.456. The number of nitrogens with one attached hydrogen (secondary N) is 1. The molecule has 0 spiro atoms. The van der Waals surface area contributed by atoms with Gasteiger partial charge in [0.2, 0.25) is 5.91 Å². The van der Waals surface area contributed by atoms with Crippen LogP contribution in [0.15, 0.2) is 12.3 Å². The van der Waals surface area contributed by atoms with Gasteiger partial charge in [0.05, 0.1) is 10.4 Å². The Morgan fingerprint density at radius 2 is 2.00 bits per heavy atom. The second-order valence-electron chi connectivity index (χ2n) is 5.29.